The summed E-state index contributed by atoms with van der Waals surface area (Å²) in [4.78, 5) is 4.70. The van der Waals surface area contributed by atoms with Gasteiger partial charge < -0.3 is 19.9 Å². The van der Waals surface area contributed by atoms with Crippen molar-refractivity contribution in [2.24, 2.45) is 12.0 Å². The molecule has 0 saturated heterocycles. The van der Waals surface area contributed by atoms with E-state index in [4.69, 9.17) is 21.3 Å². The third-order valence-electron chi connectivity index (χ3n) is 5.05. The van der Waals surface area contributed by atoms with Gasteiger partial charge in [-0.25, -0.2) is 4.99 Å². The number of nitrogens with zero attached hydrogens (tertiary/aromatic N) is 4. The first kappa shape index (κ1) is 25.9. The maximum atomic E-state index is 5.97. The number of ether oxygens (including phenoxy) is 1. The van der Waals surface area contributed by atoms with Crippen molar-refractivity contribution in [2.75, 3.05) is 20.2 Å². The second-order valence-electron chi connectivity index (χ2n) is 7.22. The van der Waals surface area contributed by atoms with Crippen LogP contribution >= 0.6 is 35.6 Å². The van der Waals surface area contributed by atoms with Gasteiger partial charge in [-0.1, -0.05) is 35.9 Å². The van der Waals surface area contributed by atoms with Crippen LogP contribution in [0, 0.1) is 6.92 Å². The normalized spacial score (nSPS) is 11.1. The van der Waals surface area contributed by atoms with Crippen LogP contribution in [0.25, 0.3) is 0 Å². The van der Waals surface area contributed by atoms with Crippen LogP contribution in [-0.2, 0) is 26.4 Å². The van der Waals surface area contributed by atoms with Gasteiger partial charge in [0.2, 0.25) is 0 Å². The molecule has 2 N–H and O–H groups in total. The molecule has 0 atom stereocenters. The number of benzene rings is 2. The van der Waals surface area contributed by atoms with Gasteiger partial charge >= 0.3 is 0 Å². The van der Waals surface area contributed by atoms with Crippen LogP contribution in [0.1, 0.15) is 22.8 Å². The molecule has 0 fully saturated rings. The molecule has 1 heterocycles. The van der Waals surface area contributed by atoms with Crippen molar-refractivity contribution < 1.29 is 4.74 Å². The van der Waals surface area contributed by atoms with Gasteiger partial charge in [-0.05, 0) is 55.2 Å². The maximum absolute atomic E-state index is 5.97. The Morgan fingerprint density at radius 1 is 0.969 bits per heavy atom. The molecule has 7 nitrogen and oxygen atoms in total. The molecule has 0 amide bonds. The van der Waals surface area contributed by atoms with E-state index >= 15 is 0 Å². The standard InChI is InChI=1S/C23H29ClN6O.HI/c1-17-28-29-22(30(17)2)16-27-23(25-14-12-18-4-8-20(24)9-5-18)26-15-13-19-6-10-21(31-3)11-7-19;/h4-11H,12-16H2,1-3H3,(H2,25,26,27);1H. The van der Waals surface area contributed by atoms with Crippen molar-refractivity contribution in [3.8, 4) is 5.75 Å². The average molecular weight is 569 g/mol. The molecule has 0 radical (unpaired) electrons. The Labute approximate surface area is 211 Å². The van der Waals surface area contributed by atoms with Crippen LogP contribution in [0.5, 0.6) is 5.75 Å². The molecule has 0 spiro atoms. The molecular formula is C23H30ClIN6O. The smallest absolute Gasteiger partial charge is 0.191 e. The predicted octanol–water partition coefficient (Wildman–Crippen LogP) is 3.92. The summed E-state index contributed by atoms with van der Waals surface area (Å²) in [6.45, 7) is 3.90. The van der Waals surface area contributed by atoms with Gasteiger partial charge in [0.05, 0.1) is 7.11 Å². The zero-order valence-corrected chi connectivity index (χ0v) is 21.7. The molecule has 0 aliphatic rings. The summed E-state index contributed by atoms with van der Waals surface area (Å²) in [5, 5.41) is 15.9. The highest BCUT2D eigenvalue weighted by molar-refractivity contribution is 14.0. The number of aliphatic imine (C=N–C) groups is 1. The summed E-state index contributed by atoms with van der Waals surface area (Å²) in [5.74, 6) is 3.31. The summed E-state index contributed by atoms with van der Waals surface area (Å²) < 4.78 is 7.17. The van der Waals surface area contributed by atoms with Crippen molar-refractivity contribution in [1.82, 2.24) is 25.4 Å². The van der Waals surface area contributed by atoms with Gasteiger partial charge in [0.15, 0.2) is 11.8 Å². The lowest BCUT2D eigenvalue weighted by molar-refractivity contribution is 0.414. The maximum Gasteiger partial charge on any atom is 0.191 e. The molecule has 32 heavy (non-hydrogen) atoms. The second-order valence-corrected chi connectivity index (χ2v) is 7.65. The molecule has 2 aromatic carbocycles. The van der Waals surface area contributed by atoms with Crippen LogP contribution in [0.2, 0.25) is 5.02 Å². The van der Waals surface area contributed by atoms with Crippen molar-refractivity contribution in [1.29, 1.82) is 0 Å². The average Bonchev–Trinajstić information content (AvgIpc) is 3.11. The van der Waals surface area contributed by atoms with Gasteiger partial charge in [0.1, 0.15) is 18.1 Å². The quantitative estimate of drug-likeness (QED) is 0.233. The lowest BCUT2D eigenvalue weighted by atomic mass is 10.1. The van der Waals surface area contributed by atoms with E-state index in [0.717, 1.165) is 54.3 Å². The zero-order chi connectivity index (χ0) is 22.1. The Bertz CT molecular complexity index is 989. The van der Waals surface area contributed by atoms with Crippen molar-refractivity contribution in [3.05, 3.63) is 76.3 Å². The molecule has 3 aromatic rings. The fourth-order valence-corrected chi connectivity index (χ4v) is 3.13. The van der Waals surface area contributed by atoms with Crippen molar-refractivity contribution in [2.45, 2.75) is 26.3 Å². The van der Waals surface area contributed by atoms with E-state index < -0.39 is 0 Å². The number of aromatic nitrogens is 3. The largest absolute Gasteiger partial charge is 0.497 e. The number of guanidine groups is 1. The van der Waals surface area contributed by atoms with E-state index in [0.29, 0.717) is 6.54 Å². The van der Waals surface area contributed by atoms with Crippen LogP contribution in [0.15, 0.2) is 53.5 Å². The number of hydrogen-bond acceptors (Lipinski definition) is 4. The van der Waals surface area contributed by atoms with Crippen LogP contribution in [0.4, 0.5) is 0 Å². The molecular weight excluding hydrogens is 539 g/mol. The molecule has 0 unspecified atom stereocenters. The Hall–Kier alpha value is -2.33. The highest BCUT2D eigenvalue weighted by atomic mass is 127. The predicted molar refractivity (Wildman–Crippen MR) is 140 cm³/mol. The summed E-state index contributed by atoms with van der Waals surface area (Å²) in [6.07, 6.45) is 1.75. The first-order chi connectivity index (χ1) is 15.0. The van der Waals surface area contributed by atoms with E-state index in [1.165, 1.54) is 11.1 Å². The molecule has 3 rings (SSSR count). The Morgan fingerprint density at radius 2 is 1.53 bits per heavy atom. The third-order valence-corrected chi connectivity index (χ3v) is 5.30. The van der Waals surface area contributed by atoms with E-state index in [9.17, 15) is 0 Å². The van der Waals surface area contributed by atoms with E-state index in [1.807, 2.05) is 54.9 Å². The van der Waals surface area contributed by atoms with Gasteiger partial charge in [-0.3, -0.25) is 0 Å². The number of methoxy groups -OCH3 is 1. The molecule has 1 aromatic heterocycles. The van der Waals surface area contributed by atoms with Gasteiger partial charge in [-0.2, -0.15) is 0 Å². The monoisotopic (exact) mass is 568 g/mol. The lowest BCUT2D eigenvalue weighted by Crippen LogP contribution is -2.39. The second kappa shape index (κ2) is 13.3. The highest BCUT2D eigenvalue weighted by Gasteiger charge is 2.06. The molecule has 0 saturated carbocycles. The number of nitrogens with one attached hydrogen (secondary N) is 2. The van der Waals surface area contributed by atoms with Crippen molar-refractivity contribution >= 4 is 41.5 Å². The number of hydrogen-bond donors (Lipinski definition) is 2. The van der Waals surface area contributed by atoms with Crippen molar-refractivity contribution in [3.63, 3.8) is 0 Å². The summed E-state index contributed by atoms with van der Waals surface area (Å²) in [7, 11) is 3.62. The topological polar surface area (TPSA) is 76.4 Å². The molecule has 0 aliphatic heterocycles. The van der Waals surface area contributed by atoms with E-state index in [-0.39, 0.29) is 24.0 Å². The SMILES string of the molecule is COc1ccc(CCNC(=NCc2nnc(C)n2C)NCCc2ccc(Cl)cc2)cc1.I. The fourth-order valence-electron chi connectivity index (χ4n) is 3.01. The Kier molecular flexibility index (Phi) is 10.8. The summed E-state index contributed by atoms with van der Waals surface area (Å²) >= 11 is 5.97. The number of halogens is 2. The molecule has 172 valence electrons. The fraction of sp³-hybridized carbons (Fsp3) is 0.348. The van der Waals surface area contributed by atoms with E-state index in [1.54, 1.807) is 7.11 Å². The van der Waals surface area contributed by atoms with Gasteiger partial charge in [0, 0.05) is 25.2 Å². The van der Waals surface area contributed by atoms with Crippen LogP contribution in [0.3, 0.4) is 0 Å². The van der Waals surface area contributed by atoms with Crippen LogP contribution < -0.4 is 15.4 Å². The first-order valence-corrected chi connectivity index (χ1v) is 10.7. The molecule has 0 bridgehead atoms. The third kappa shape index (κ3) is 7.98. The van der Waals surface area contributed by atoms with Gasteiger partial charge in [-0.15, -0.1) is 34.2 Å². The Balaban J connectivity index is 0.00000363. The highest BCUT2D eigenvalue weighted by Crippen LogP contribution is 2.11. The minimum atomic E-state index is 0. The summed E-state index contributed by atoms with van der Waals surface area (Å²) in [6, 6.07) is 16.0. The minimum Gasteiger partial charge on any atom is -0.497 e. The zero-order valence-electron chi connectivity index (χ0n) is 18.6. The molecule has 0 aliphatic carbocycles. The Morgan fingerprint density at radius 3 is 2.03 bits per heavy atom. The summed E-state index contributed by atoms with van der Waals surface area (Å²) in [5.41, 5.74) is 2.45. The van der Waals surface area contributed by atoms with Crippen LogP contribution in [-0.4, -0.2) is 40.9 Å². The molecule has 9 heteroatoms. The minimum absolute atomic E-state index is 0. The first-order valence-electron chi connectivity index (χ1n) is 10.3. The number of rotatable bonds is 9. The number of aryl methyl sites for hydroxylation is 1. The van der Waals surface area contributed by atoms with E-state index in [2.05, 4.69) is 33.0 Å². The van der Waals surface area contributed by atoms with Gasteiger partial charge in [0.25, 0.3) is 0 Å². The lowest BCUT2D eigenvalue weighted by Gasteiger charge is -2.13.